The van der Waals surface area contributed by atoms with Crippen molar-refractivity contribution in [1.82, 2.24) is 5.32 Å². The van der Waals surface area contributed by atoms with Crippen LogP contribution >= 0.6 is 11.3 Å². The van der Waals surface area contributed by atoms with Gasteiger partial charge in [0, 0.05) is 0 Å². The Morgan fingerprint density at radius 2 is 2.43 bits per heavy atom. The van der Waals surface area contributed by atoms with Crippen molar-refractivity contribution in [2.75, 3.05) is 13.1 Å². The van der Waals surface area contributed by atoms with Crippen molar-refractivity contribution >= 4 is 11.3 Å². The Labute approximate surface area is 90.9 Å². The summed E-state index contributed by atoms with van der Waals surface area (Å²) in [4.78, 5) is 0. The van der Waals surface area contributed by atoms with Crippen molar-refractivity contribution in [3.63, 3.8) is 0 Å². The summed E-state index contributed by atoms with van der Waals surface area (Å²) in [5, 5.41) is 7.68. The number of hydrogen-bond acceptors (Lipinski definition) is 2. The summed E-state index contributed by atoms with van der Waals surface area (Å²) in [5.41, 5.74) is 2.91. The first-order valence-corrected chi connectivity index (χ1v) is 6.14. The molecule has 0 amide bonds. The number of allylic oxidation sites excluding steroid dienone is 1. The molecule has 0 saturated carbocycles. The van der Waals surface area contributed by atoms with E-state index < -0.39 is 0 Å². The second kappa shape index (κ2) is 6.80. The van der Waals surface area contributed by atoms with Gasteiger partial charge in [-0.3, -0.25) is 0 Å². The first-order valence-electron chi connectivity index (χ1n) is 5.20. The van der Waals surface area contributed by atoms with Crippen LogP contribution in [0.2, 0.25) is 0 Å². The van der Waals surface area contributed by atoms with Crippen LogP contribution in [-0.2, 0) is 6.42 Å². The van der Waals surface area contributed by atoms with Gasteiger partial charge in [-0.2, -0.15) is 11.3 Å². The number of nitrogens with one attached hydrogen (secondary N) is 1. The third kappa shape index (κ3) is 4.58. The molecule has 1 aromatic rings. The minimum atomic E-state index is 1.07. The average Bonchev–Trinajstić information content (AvgIpc) is 2.65. The van der Waals surface area contributed by atoms with Gasteiger partial charge in [0.25, 0.3) is 0 Å². The quantitative estimate of drug-likeness (QED) is 0.560. The number of hydrogen-bond donors (Lipinski definition) is 1. The lowest BCUT2D eigenvalue weighted by Crippen LogP contribution is -2.13. The fourth-order valence-electron chi connectivity index (χ4n) is 1.38. The van der Waals surface area contributed by atoms with E-state index in [1.807, 2.05) is 0 Å². The second-order valence-electron chi connectivity index (χ2n) is 3.50. The molecule has 0 fully saturated rings. The molecule has 1 N–H and O–H groups in total. The smallest absolute Gasteiger partial charge is 0.00143 e. The van der Waals surface area contributed by atoms with Gasteiger partial charge >= 0.3 is 0 Å². The van der Waals surface area contributed by atoms with E-state index in [0.717, 1.165) is 25.9 Å². The molecule has 0 aliphatic carbocycles. The summed E-state index contributed by atoms with van der Waals surface area (Å²) in [6.07, 6.45) is 4.58. The van der Waals surface area contributed by atoms with Crippen LogP contribution in [0.3, 0.4) is 0 Å². The molecule has 0 aliphatic heterocycles. The minimum absolute atomic E-state index is 1.07. The van der Waals surface area contributed by atoms with E-state index in [4.69, 9.17) is 0 Å². The van der Waals surface area contributed by atoms with Gasteiger partial charge in [-0.1, -0.05) is 18.6 Å². The van der Waals surface area contributed by atoms with Gasteiger partial charge in [-0.25, -0.2) is 0 Å². The highest BCUT2D eigenvalue weighted by atomic mass is 32.1. The van der Waals surface area contributed by atoms with E-state index in [0.29, 0.717) is 0 Å². The lowest BCUT2D eigenvalue weighted by molar-refractivity contribution is 0.724. The monoisotopic (exact) mass is 209 g/mol. The van der Waals surface area contributed by atoms with Gasteiger partial charge in [0.1, 0.15) is 0 Å². The van der Waals surface area contributed by atoms with Crippen LogP contribution < -0.4 is 5.32 Å². The molecule has 1 aromatic heterocycles. The molecular formula is C12H19NS. The zero-order chi connectivity index (χ0) is 10.2. The Kier molecular flexibility index (Phi) is 5.57. The molecule has 14 heavy (non-hydrogen) atoms. The van der Waals surface area contributed by atoms with Gasteiger partial charge in [0.2, 0.25) is 0 Å². The highest BCUT2D eigenvalue weighted by Crippen LogP contribution is 2.11. The number of rotatable bonds is 6. The van der Waals surface area contributed by atoms with Gasteiger partial charge in [-0.05, 0) is 55.2 Å². The van der Waals surface area contributed by atoms with E-state index in [1.165, 1.54) is 11.1 Å². The largest absolute Gasteiger partial charge is 0.317 e. The lowest BCUT2D eigenvalue weighted by Gasteiger charge is -2.00. The molecular weight excluding hydrogens is 190 g/mol. The van der Waals surface area contributed by atoms with E-state index in [-0.39, 0.29) is 0 Å². The molecule has 0 spiro atoms. The van der Waals surface area contributed by atoms with Crippen molar-refractivity contribution in [3.8, 4) is 0 Å². The van der Waals surface area contributed by atoms with Gasteiger partial charge < -0.3 is 5.32 Å². The van der Waals surface area contributed by atoms with Crippen LogP contribution in [0.25, 0.3) is 0 Å². The van der Waals surface area contributed by atoms with Crippen LogP contribution in [0.1, 0.15) is 25.8 Å². The zero-order valence-corrected chi connectivity index (χ0v) is 9.86. The van der Waals surface area contributed by atoms with Crippen molar-refractivity contribution < 1.29 is 0 Å². The first kappa shape index (κ1) is 11.5. The fourth-order valence-corrected chi connectivity index (χ4v) is 2.05. The molecule has 0 bridgehead atoms. The maximum atomic E-state index is 3.32. The first-order chi connectivity index (χ1) is 6.83. The summed E-state index contributed by atoms with van der Waals surface area (Å²) in [5.74, 6) is 0. The highest BCUT2D eigenvalue weighted by Gasteiger charge is 1.94. The topological polar surface area (TPSA) is 12.0 Å². The van der Waals surface area contributed by atoms with Crippen molar-refractivity contribution in [3.05, 3.63) is 34.0 Å². The fraction of sp³-hybridized carbons (Fsp3) is 0.500. The van der Waals surface area contributed by atoms with Crippen LogP contribution in [0.5, 0.6) is 0 Å². The van der Waals surface area contributed by atoms with Gasteiger partial charge in [-0.15, -0.1) is 0 Å². The normalized spacial score (nSPS) is 12.0. The SMILES string of the molecule is CCNCCC=C(C)Cc1ccsc1. The van der Waals surface area contributed by atoms with Crippen molar-refractivity contribution in [2.24, 2.45) is 0 Å². The van der Waals surface area contributed by atoms with E-state index >= 15 is 0 Å². The lowest BCUT2D eigenvalue weighted by atomic mass is 10.1. The molecule has 0 radical (unpaired) electrons. The van der Waals surface area contributed by atoms with Crippen LogP contribution in [-0.4, -0.2) is 13.1 Å². The Hall–Kier alpha value is -0.600. The van der Waals surface area contributed by atoms with E-state index in [1.54, 1.807) is 11.3 Å². The van der Waals surface area contributed by atoms with E-state index in [9.17, 15) is 0 Å². The van der Waals surface area contributed by atoms with Crippen molar-refractivity contribution in [2.45, 2.75) is 26.7 Å². The Balaban J connectivity index is 2.23. The molecule has 0 aromatic carbocycles. The molecule has 1 rings (SSSR count). The van der Waals surface area contributed by atoms with E-state index in [2.05, 4.69) is 42.1 Å². The summed E-state index contributed by atoms with van der Waals surface area (Å²) in [7, 11) is 0. The van der Waals surface area contributed by atoms with Crippen LogP contribution in [0.15, 0.2) is 28.5 Å². The average molecular weight is 209 g/mol. The summed E-state index contributed by atoms with van der Waals surface area (Å²) >= 11 is 1.77. The molecule has 0 aliphatic rings. The Morgan fingerprint density at radius 3 is 3.07 bits per heavy atom. The predicted octanol–water partition coefficient (Wildman–Crippen LogP) is 3.24. The summed E-state index contributed by atoms with van der Waals surface area (Å²) in [6, 6.07) is 2.20. The minimum Gasteiger partial charge on any atom is -0.317 e. The number of thiophene rings is 1. The third-order valence-electron chi connectivity index (χ3n) is 2.13. The maximum absolute atomic E-state index is 3.32. The predicted molar refractivity (Wildman–Crippen MR) is 64.9 cm³/mol. The molecule has 0 atom stereocenters. The van der Waals surface area contributed by atoms with Crippen molar-refractivity contribution in [1.29, 1.82) is 0 Å². The van der Waals surface area contributed by atoms with Crippen LogP contribution in [0, 0.1) is 0 Å². The zero-order valence-electron chi connectivity index (χ0n) is 9.05. The molecule has 78 valence electrons. The molecule has 1 heterocycles. The Bertz CT molecular complexity index is 262. The third-order valence-corrected chi connectivity index (χ3v) is 2.86. The Morgan fingerprint density at radius 1 is 1.57 bits per heavy atom. The molecule has 2 heteroatoms. The second-order valence-corrected chi connectivity index (χ2v) is 4.28. The van der Waals surface area contributed by atoms with Gasteiger partial charge in [0.15, 0.2) is 0 Å². The summed E-state index contributed by atoms with van der Waals surface area (Å²) < 4.78 is 0. The van der Waals surface area contributed by atoms with Gasteiger partial charge in [0.05, 0.1) is 0 Å². The summed E-state index contributed by atoms with van der Waals surface area (Å²) in [6.45, 7) is 6.51. The molecule has 1 nitrogen and oxygen atoms in total. The maximum Gasteiger partial charge on any atom is -0.00143 e. The molecule has 0 saturated heterocycles. The van der Waals surface area contributed by atoms with Crippen LogP contribution in [0.4, 0.5) is 0 Å². The standard InChI is InChI=1S/C12H19NS/c1-3-13-7-4-5-11(2)9-12-6-8-14-10-12/h5-6,8,10,13H,3-4,7,9H2,1-2H3. The molecule has 0 unspecified atom stereocenters. The highest BCUT2D eigenvalue weighted by molar-refractivity contribution is 7.07.